The van der Waals surface area contributed by atoms with Crippen LogP contribution < -0.4 is 9.78 Å². The van der Waals surface area contributed by atoms with Gasteiger partial charge in [-0.05, 0) is 0 Å². The molecule has 1 aromatic heterocycles. The molecule has 0 aliphatic rings. The number of aromatic nitrogens is 2. The fourth-order valence-corrected chi connectivity index (χ4v) is 3.44. The first-order chi connectivity index (χ1) is 10.8. The second-order valence-electron chi connectivity index (χ2n) is 4.78. The minimum atomic E-state index is 0.558. The Morgan fingerprint density at radius 3 is 2.55 bits per heavy atom. The van der Waals surface area contributed by atoms with Crippen molar-refractivity contribution in [2.45, 2.75) is 17.5 Å². The average Bonchev–Trinajstić information content (AvgIpc) is 2.59. The molecule has 0 spiro atoms. The van der Waals surface area contributed by atoms with Gasteiger partial charge in [-0.3, -0.25) is 0 Å². The number of rotatable bonds is 5. The molecular formula is C17H17N3SSe. The molecule has 0 aliphatic carbocycles. The fraction of sp³-hybridized carbons (Fsp3) is 0.176. The standard InChI is InChI=1S/C17H17N3SSe/c1-21-17-19-15-6-4-3-5-14(15)16(20-17)18-11-12-7-9-13(22-2)10-8-12/h3-10H,11H2,1-2H3,(H,18,19,20). The SMILES string of the molecule is CSc1nc(NCc2ccc([Se]C)cc2)c2ccccc2n1. The Morgan fingerprint density at radius 1 is 1.05 bits per heavy atom. The van der Waals surface area contributed by atoms with Crippen LogP contribution in [0.15, 0.2) is 53.7 Å². The predicted molar refractivity (Wildman–Crippen MR) is 96.3 cm³/mol. The summed E-state index contributed by atoms with van der Waals surface area (Å²) in [4.78, 5) is 9.16. The molecule has 22 heavy (non-hydrogen) atoms. The molecule has 5 heteroatoms. The summed E-state index contributed by atoms with van der Waals surface area (Å²) in [5.74, 6) is 3.13. The molecule has 3 aromatic rings. The van der Waals surface area contributed by atoms with Crippen LogP contribution in [0, 0.1) is 0 Å². The van der Waals surface area contributed by atoms with Gasteiger partial charge in [-0.1, -0.05) is 0 Å². The molecule has 0 aliphatic heterocycles. The molecule has 0 fully saturated rings. The summed E-state index contributed by atoms with van der Waals surface area (Å²) in [5.41, 5.74) is 2.25. The first kappa shape index (κ1) is 15.3. The van der Waals surface area contributed by atoms with Gasteiger partial charge in [-0.2, -0.15) is 0 Å². The predicted octanol–water partition coefficient (Wildman–Crippen LogP) is 3.34. The Balaban J connectivity index is 1.86. The van der Waals surface area contributed by atoms with E-state index in [1.54, 1.807) is 11.8 Å². The van der Waals surface area contributed by atoms with E-state index in [-0.39, 0.29) is 0 Å². The Kier molecular flexibility index (Phi) is 4.98. The zero-order chi connectivity index (χ0) is 15.4. The molecule has 0 amide bonds. The van der Waals surface area contributed by atoms with Crippen molar-refractivity contribution in [3.63, 3.8) is 0 Å². The fourth-order valence-electron chi connectivity index (χ4n) is 2.21. The van der Waals surface area contributed by atoms with Gasteiger partial charge in [0, 0.05) is 0 Å². The van der Waals surface area contributed by atoms with Crippen LogP contribution >= 0.6 is 11.8 Å². The Morgan fingerprint density at radius 2 is 1.82 bits per heavy atom. The van der Waals surface area contributed by atoms with Crippen molar-refractivity contribution in [1.29, 1.82) is 0 Å². The Bertz CT molecular complexity index is 774. The molecule has 0 saturated heterocycles. The second kappa shape index (κ2) is 7.14. The number of hydrogen-bond acceptors (Lipinski definition) is 4. The molecule has 112 valence electrons. The quantitative estimate of drug-likeness (QED) is 0.422. The molecule has 3 nitrogen and oxygen atoms in total. The van der Waals surface area contributed by atoms with Crippen LogP contribution in [0.1, 0.15) is 5.56 Å². The number of benzene rings is 2. The van der Waals surface area contributed by atoms with Crippen LogP contribution in [0.3, 0.4) is 0 Å². The third-order valence-corrected chi connectivity index (χ3v) is 5.49. The monoisotopic (exact) mass is 375 g/mol. The molecule has 2 aromatic carbocycles. The summed E-state index contributed by atoms with van der Waals surface area (Å²) in [7, 11) is 0. The van der Waals surface area contributed by atoms with E-state index in [1.165, 1.54) is 10.0 Å². The van der Waals surface area contributed by atoms with Crippen molar-refractivity contribution in [1.82, 2.24) is 9.97 Å². The molecule has 0 unspecified atom stereocenters. The molecule has 1 N–H and O–H groups in total. The number of thioether (sulfide) groups is 1. The van der Waals surface area contributed by atoms with E-state index >= 15 is 0 Å². The third-order valence-electron chi connectivity index (χ3n) is 3.38. The molecule has 0 atom stereocenters. The minimum absolute atomic E-state index is 0.558. The van der Waals surface area contributed by atoms with Crippen LogP contribution in [0.25, 0.3) is 10.9 Å². The van der Waals surface area contributed by atoms with Gasteiger partial charge in [-0.25, -0.2) is 0 Å². The zero-order valence-corrected chi connectivity index (χ0v) is 15.1. The number of fused-ring (bicyclic) bond motifs is 1. The van der Waals surface area contributed by atoms with Gasteiger partial charge in [0.25, 0.3) is 0 Å². The van der Waals surface area contributed by atoms with Crippen LogP contribution in [-0.2, 0) is 6.54 Å². The van der Waals surface area contributed by atoms with Crippen molar-refractivity contribution >= 4 is 47.9 Å². The van der Waals surface area contributed by atoms with Crippen LogP contribution in [0.4, 0.5) is 5.82 Å². The number of nitrogens with zero attached hydrogens (tertiary/aromatic N) is 2. The first-order valence-corrected chi connectivity index (χ1v) is 10.8. The van der Waals surface area contributed by atoms with E-state index in [1.807, 2.05) is 24.5 Å². The van der Waals surface area contributed by atoms with Gasteiger partial charge in [0.15, 0.2) is 0 Å². The normalized spacial score (nSPS) is 10.8. The summed E-state index contributed by atoms with van der Waals surface area (Å²) in [6.45, 7) is 0.770. The van der Waals surface area contributed by atoms with Crippen molar-refractivity contribution in [3.8, 4) is 0 Å². The molecule has 3 rings (SSSR count). The molecule has 0 bridgehead atoms. The van der Waals surface area contributed by atoms with Gasteiger partial charge in [0.1, 0.15) is 0 Å². The van der Waals surface area contributed by atoms with E-state index in [0.717, 1.165) is 28.4 Å². The van der Waals surface area contributed by atoms with Crippen LogP contribution in [0.2, 0.25) is 5.82 Å². The number of para-hydroxylation sites is 1. The van der Waals surface area contributed by atoms with Gasteiger partial charge in [0.05, 0.1) is 0 Å². The summed E-state index contributed by atoms with van der Waals surface area (Å²) in [5, 5.41) is 5.32. The Hall–Kier alpha value is -1.55. The van der Waals surface area contributed by atoms with Gasteiger partial charge >= 0.3 is 141 Å². The van der Waals surface area contributed by atoms with E-state index in [2.05, 4.69) is 51.4 Å². The van der Waals surface area contributed by atoms with Gasteiger partial charge in [-0.15, -0.1) is 0 Å². The number of nitrogens with one attached hydrogen (secondary N) is 1. The first-order valence-electron chi connectivity index (χ1n) is 6.97. The summed E-state index contributed by atoms with van der Waals surface area (Å²) >= 11 is 2.12. The van der Waals surface area contributed by atoms with E-state index in [0.29, 0.717) is 15.0 Å². The van der Waals surface area contributed by atoms with E-state index in [4.69, 9.17) is 0 Å². The van der Waals surface area contributed by atoms with E-state index < -0.39 is 0 Å². The molecule has 0 saturated carbocycles. The number of anilines is 1. The third kappa shape index (κ3) is 3.43. The van der Waals surface area contributed by atoms with Gasteiger partial charge in [0.2, 0.25) is 0 Å². The molecule has 1 heterocycles. The second-order valence-corrected chi connectivity index (χ2v) is 7.40. The summed E-state index contributed by atoms with van der Waals surface area (Å²) < 4.78 is 1.42. The molecule has 0 radical (unpaired) electrons. The van der Waals surface area contributed by atoms with Crippen LogP contribution in [-0.4, -0.2) is 31.2 Å². The maximum absolute atomic E-state index is 4.61. The van der Waals surface area contributed by atoms with Crippen molar-refractivity contribution in [3.05, 3.63) is 54.1 Å². The van der Waals surface area contributed by atoms with Crippen molar-refractivity contribution in [2.75, 3.05) is 11.6 Å². The maximum atomic E-state index is 4.61. The summed E-state index contributed by atoms with van der Waals surface area (Å²) in [6, 6.07) is 16.9. The van der Waals surface area contributed by atoms with Crippen LogP contribution in [0.5, 0.6) is 0 Å². The van der Waals surface area contributed by atoms with Gasteiger partial charge < -0.3 is 0 Å². The van der Waals surface area contributed by atoms with Crippen molar-refractivity contribution in [2.24, 2.45) is 0 Å². The van der Waals surface area contributed by atoms with E-state index in [9.17, 15) is 0 Å². The average molecular weight is 374 g/mol. The zero-order valence-electron chi connectivity index (χ0n) is 12.5. The topological polar surface area (TPSA) is 37.8 Å². The Labute approximate surface area is 141 Å². The van der Waals surface area contributed by atoms with Crippen molar-refractivity contribution < 1.29 is 0 Å². The molecular weight excluding hydrogens is 357 g/mol. The summed E-state index contributed by atoms with van der Waals surface area (Å²) in [6.07, 6.45) is 2.00. The number of hydrogen-bond donors (Lipinski definition) is 1.